The molecule has 1 saturated heterocycles. The second-order valence-corrected chi connectivity index (χ2v) is 9.38. The number of nitrogens with zero attached hydrogens (tertiary/aromatic N) is 1. The quantitative estimate of drug-likeness (QED) is 0.483. The number of nitrogens with one attached hydrogen (secondary N) is 3. The van der Waals surface area contributed by atoms with E-state index in [0.717, 1.165) is 36.3 Å². The van der Waals surface area contributed by atoms with Gasteiger partial charge in [0.2, 0.25) is 0 Å². The van der Waals surface area contributed by atoms with Crippen molar-refractivity contribution in [1.82, 2.24) is 10.6 Å². The first-order chi connectivity index (χ1) is 14.4. The van der Waals surface area contributed by atoms with Gasteiger partial charge in [0.05, 0.1) is 17.1 Å². The molecule has 3 N–H and O–H groups in total. The van der Waals surface area contributed by atoms with Crippen molar-refractivity contribution in [3.8, 4) is 0 Å². The van der Waals surface area contributed by atoms with Crippen LogP contribution in [0.5, 0.6) is 0 Å². The first kappa shape index (κ1) is 22.5. The second kappa shape index (κ2) is 10.3. The van der Waals surface area contributed by atoms with Gasteiger partial charge in [0, 0.05) is 55.7 Å². The molecule has 0 saturated carbocycles. The number of hydrogen-bond donors (Lipinski definition) is 3. The lowest BCUT2D eigenvalue weighted by atomic mass is 10.1. The van der Waals surface area contributed by atoms with E-state index in [0.29, 0.717) is 24.4 Å². The fourth-order valence-corrected chi connectivity index (χ4v) is 4.47. The molecular weight excluding hydrogens is 472 g/mol. The standard InChI is InChI=1S/C20H25BrN4O4S/c1-29-13-10-23-20(26)18-14-16(4-7-19(18)25-11-8-22-9-12-25)24-30(27,28)17-5-2-15(21)3-6-17/h2-7,14,22,24H,8-13H2,1H3,(H,23,26). The van der Waals surface area contributed by atoms with E-state index in [2.05, 4.69) is 36.2 Å². The van der Waals surface area contributed by atoms with Gasteiger partial charge in [0.1, 0.15) is 0 Å². The van der Waals surface area contributed by atoms with Crippen molar-refractivity contribution in [2.24, 2.45) is 0 Å². The molecule has 0 unspecified atom stereocenters. The summed E-state index contributed by atoms with van der Waals surface area (Å²) in [7, 11) is -2.21. The molecule has 2 aromatic carbocycles. The SMILES string of the molecule is COCCNC(=O)c1cc(NS(=O)(=O)c2ccc(Br)cc2)ccc1N1CCNCC1. The molecule has 2 aromatic rings. The minimum absolute atomic E-state index is 0.142. The second-order valence-electron chi connectivity index (χ2n) is 6.78. The molecule has 0 aliphatic carbocycles. The Morgan fingerprint density at radius 1 is 1.17 bits per heavy atom. The van der Waals surface area contributed by atoms with Gasteiger partial charge < -0.3 is 20.3 Å². The van der Waals surface area contributed by atoms with E-state index in [1.165, 1.54) is 12.1 Å². The van der Waals surface area contributed by atoms with Gasteiger partial charge in [-0.3, -0.25) is 9.52 Å². The van der Waals surface area contributed by atoms with Crippen LogP contribution in [-0.4, -0.2) is 60.8 Å². The Kier molecular flexibility index (Phi) is 7.70. The van der Waals surface area contributed by atoms with Gasteiger partial charge in [-0.15, -0.1) is 0 Å². The zero-order valence-corrected chi connectivity index (χ0v) is 19.1. The number of rotatable bonds is 8. The minimum Gasteiger partial charge on any atom is -0.383 e. The molecular formula is C20H25BrN4O4S. The van der Waals surface area contributed by atoms with Crippen LogP contribution in [0.4, 0.5) is 11.4 Å². The van der Waals surface area contributed by atoms with E-state index in [4.69, 9.17) is 4.74 Å². The molecule has 1 fully saturated rings. The van der Waals surface area contributed by atoms with Gasteiger partial charge in [-0.05, 0) is 42.5 Å². The van der Waals surface area contributed by atoms with Gasteiger partial charge in [-0.2, -0.15) is 0 Å². The van der Waals surface area contributed by atoms with Gasteiger partial charge in [-0.25, -0.2) is 8.42 Å². The fourth-order valence-electron chi connectivity index (χ4n) is 3.15. The molecule has 10 heteroatoms. The number of ether oxygens (including phenoxy) is 1. The topological polar surface area (TPSA) is 99.8 Å². The average molecular weight is 497 g/mol. The zero-order valence-electron chi connectivity index (χ0n) is 16.7. The molecule has 0 aromatic heterocycles. The van der Waals surface area contributed by atoms with Gasteiger partial charge in [-0.1, -0.05) is 15.9 Å². The Hall–Kier alpha value is -2.14. The lowest BCUT2D eigenvalue weighted by Gasteiger charge is -2.31. The lowest BCUT2D eigenvalue weighted by molar-refractivity contribution is 0.0937. The number of benzene rings is 2. The van der Waals surface area contributed by atoms with Gasteiger partial charge in [0.15, 0.2) is 0 Å². The monoisotopic (exact) mass is 496 g/mol. The van der Waals surface area contributed by atoms with E-state index in [9.17, 15) is 13.2 Å². The number of piperazine rings is 1. The Morgan fingerprint density at radius 3 is 2.53 bits per heavy atom. The maximum absolute atomic E-state index is 12.8. The molecule has 162 valence electrons. The zero-order chi connectivity index (χ0) is 21.6. The summed E-state index contributed by atoms with van der Waals surface area (Å²) in [5, 5.41) is 6.10. The highest BCUT2D eigenvalue weighted by Gasteiger charge is 2.21. The largest absolute Gasteiger partial charge is 0.383 e. The molecule has 8 nitrogen and oxygen atoms in total. The van der Waals surface area contributed by atoms with Crippen molar-refractivity contribution in [3.63, 3.8) is 0 Å². The molecule has 0 bridgehead atoms. The van der Waals surface area contributed by atoms with Crippen LogP contribution < -0.4 is 20.3 Å². The molecule has 1 heterocycles. The van der Waals surface area contributed by atoms with E-state index in [1.807, 2.05) is 0 Å². The summed E-state index contributed by atoms with van der Waals surface area (Å²) in [6, 6.07) is 11.4. The number of amides is 1. The highest BCUT2D eigenvalue weighted by atomic mass is 79.9. The van der Waals surface area contributed by atoms with Crippen molar-refractivity contribution in [2.75, 3.05) is 56.1 Å². The lowest BCUT2D eigenvalue weighted by Crippen LogP contribution is -2.44. The normalized spacial score (nSPS) is 14.4. The third-order valence-corrected chi connectivity index (χ3v) is 6.59. The number of hydrogen-bond acceptors (Lipinski definition) is 6. The van der Waals surface area contributed by atoms with Crippen molar-refractivity contribution < 1.29 is 17.9 Å². The van der Waals surface area contributed by atoms with Gasteiger partial charge >= 0.3 is 0 Å². The van der Waals surface area contributed by atoms with Crippen molar-refractivity contribution in [3.05, 3.63) is 52.5 Å². The molecule has 1 amide bonds. The number of carbonyl (C=O) groups is 1. The van der Waals surface area contributed by atoms with Crippen LogP contribution >= 0.6 is 15.9 Å². The molecule has 1 aliphatic rings. The number of anilines is 2. The Labute approximate surface area is 185 Å². The first-order valence-electron chi connectivity index (χ1n) is 9.56. The fraction of sp³-hybridized carbons (Fsp3) is 0.350. The number of halogens is 1. The maximum Gasteiger partial charge on any atom is 0.261 e. The van der Waals surface area contributed by atoms with Crippen LogP contribution in [0.2, 0.25) is 0 Å². The average Bonchev–Trinajstić information content (AvgIpc) is 2.74. The van der Waals surface area contributed by atoms with Crippen LogP contribution in [0.1, 0.15) is 10.4 Å². The summed E-state index contributed by atoms with van der Waals surface area (Å²) in [4.78, 5) is 15.1. The predicted molar refractivity (Wildman–Crippen MR) is 121 cm³/mol. The molecule has 0 radical (unpaired) electrons. The smallest absolute Gasteiger partial charge is 0.261 e. The summed E-state index contributed by atoms with van der Waals surface area (Å²) in [6.07, 6.45) is 0. The molecule has 0 spiro atoms. The van der Waals surface area contributed by atoms with Gasteiger partial charge in [0.25, 0.3) is 15.9 Å². The van der Waals surface area contributed by atoms with Crippen LogP contribution in [0.3, 0.4) is 0 Å². The van der Waals surface area contributed by atoms with Crippen LogP contribution in [0, 0.1) is 0 Å². The van der Waals surface area contributed by atoms with Crippen LogP contribution in [0.25, 0.3) is 0 Å². The predicted octanol–water partition coefficient (Wildman–Crippen LogP) is 2.04. The van der Waals surface area contributed by atoms with E-state index < -0.39 is 10.0 Å². The molecule has 3 rings (SSSR count). The summed E-state index contributed by atoms with van der Waals surface area (Å²) < 4.78 is 33.8. The number of methoxy groups -OCH3 is 1. The van der Waals surface area contributed by atoms with E-state index in [1.54, 1.807) is 37.4 Å². The van der Waals surface area contributed by atoms with Crippen LogP contribution in [0.15, 0.2) is 51.8 Å². The van der Waals surface area contributed by atoms with E-state index in [-0.39, 0.29) is 10.8 Å². The van der Waals surface area contributed by atoms with Crippen molar-refractivity contribution in [1.29, 1.82) is 0 Å². The molecule has 1 aliphatic heterocycles. The van der Waals surface area contributed by atoms with E-state index >= 15 is 0 Å². The highest BCUT2D eigenvalue weighted by Crippen LogP contribution is 2.27. The summed E-state index contributed by atoms with van der Waals surface area (Å²) in [6.45, 7) is 3.94. The Balaban J connectivity index is 1.88. The number of sulfonamides is 1. The summed E-state index contributed by atoms with van der Waals surface area (Å²) >= 11 is 3.30. The minimum atomic E-state index is -3.78. The number of carbonyl (C=O) groups excluding carboxylic acids is 1. The summed E-state index contributed by atoms with van der Waals surface area (Å²) in [5.41, 5.74) is 1.52. The summed E-state index contributed by atoms with van der Waals surface area (Å²) in [5.74, 6) is -0.273. The Morgan fingerprint density at radius 2 is 1.87 bits per heavy atom. The highest BCUT2D eigenvalue weighted by molar-refractivity contribution is 9.10. The Bertz CT molecular complexity index is 977. The van der Waals surface area contributed by atoms with Crippen LogP contribution in [-0.2, 0) is 14.8 Å². The molecule has 0 atom stereocenters. The third kappa shape index (κ3) is 5.72. The van der Waals surface area contributed by atoms with Crippen molar-refractivity contribution in [2.45, 2.75) is 4.90 Å². The molecule has 30 heavy (non-hydrogen) atoms. The van der Waals surface area contributed by atoms with Crippen molar-refractivity contribution >= 4 is 43.2 Å². The third-order valence-electron chi connectivity index (χ3n) is 4.67. The maximum atomic E-state index is 12.8. The first-order valence-corrected chi connectivity index (χ1v) is 11.8.